The molecule has 0 spiro atoms. The number of carbonyl (C=O) groups is 1. The zero-order chi connectivity index (χ0) is 21.7. The Labute approximate surface area is 178 Å². The first-order valence-electron chi connectivity index (χ1n) is 10.1. The van der Waals surface area contributed by atoms with Gasteiger partial charge < -0.3 is 10.1 Å². The zero-order valence-corrected chi connectivity index (χ0v) is 18.5. The van der Waals surface area contributed by atoms with Crippen molar-refractivity contribution in [1.82, 2.24) is 4.31 Å². The number of methoxy groups -OCH3 is 1. The lowest BCUT2D eigenvalue weighted by Crippen LogP contribution is -2.35. The van der Waals surface area contributed by atoms with Crippen LogP contribution in [0, 0.1) is 13.8 Å². The van der Waals surface area contributed by atoms with Gasteiger partial charge >= 0.3 is 0 Å². The van der Waals surface area contributed by atoms with Crippen LogP contribution in [0.5, 0.6) is 5.75 Å². The number of hydrogen-bond acceptors (Lipinski definition) is 4. The van der Waals surface area contributed by atoms with Gasteiger partial charge in [0, 0.05) is 24.9 Å². The Morgan fingerprint density at radius 2 is 1.83 bits per heavy atom. The summed E-state index contributed by atoms with van der Waals surface area (Å²) >= 11 is 0. The van der Waals surface area contributed by atoms with Crippen LogP contribution in [0.2, 0.25) is 0 Å². The topological polar surface area (TPSA) is 75.7 Å². The molecule has 3 rings (SSSR count). The minimum atomic E-state index is -3.65. The van der Waals surface area contributed by atoms with Gasteiger partial charge in [-0.2, -0.15) is 4.31 Å². The standard InChI is InChI=1S/C23H28N2O4S/c1-17-8-7-9-20(18(17)2)24-23(26)13-11-19-10-12-21(29-3)22(16-19)30(27,28)25-14-5-4-6-15-25/h7-13,16H,4-6,14-15H2,1-3H3,(H,24,26). The molecule has 2 aromatic rings. The average molecular weight is 429 g/mol. The number of ether oxygens (including phenoxy) is 1. The number of piperidine rings is 1. The zero-order valence-electron chi connectivity index (χ0n) is 17.6. The number of nitrogens with zero attached hydrogens (tertiary/aromatic N) is 1. The van der Waals surface area contributed by atoms with Crippen LogP contribution in [0.15, 0.2) is 47.4 Å². The predicted molar refractivity (Wildman–Crippen MR) is 119 cm³/mol. The summed E-state index contributed by atoms with van der Waals surface area (Å²) in [6.07, 6.45) is 5.77. The molecule has 1 saturated heterocycles. The molecule has 1 aliphatic rings. The molecule has 0 aromatic heterocycles. The van der Waals surface area contributed by atoms with E-state index in [9.17, 15) is 13.2 Å². The number of nitrogens with one attached hydrogen (secondary N) is 1. The van der Waals surface area contributed by atoms with Crippen molar-refractivity contribution >= 4 is 27.7 Å². The molecule has 1 N–H and O–H groups in total. The van der Waals surface area contributed by atoms with Crippen molar-refractivity contribution in [3.8, 4) is 5.75 Å². The van der Waals surface area contributed by atoms with Crippen molar-refractivity contribution < 1.29 is 17.9 Å². The van der Waals surface area contributed by atoms with E-state index < -0.39 is 10.0 Å². The summed E-state index contributed by atoms with van der Waals surface area (Å²) in [4.78, 5) is 12.5. The Bertz CT molecular complexity index is 1050. The second-order valence-corrected chi connectivity index (χ2v) is 9.35. The molecule has 0 aliphatic carbocycles. The molecule has 7 heteroatoms. The summed E-state index contributed by atoms with van der Waals surface area (Å²) in [6, 6.07) is 10.6. The van der Waals surface area contributed by atoms with Gasteiger partial charge in [0.15, 0.2) is 0 Å². The smallest absolute Gasteiger partial charge is 0.248 e. The largest absolute Gasteiger partial charge is 0.495 e. The molecular formula is C23H28N2O4S. The molecule has 1 heterocycles. The summed E-state index contributed by atoms with van der Waals surface area (Å²) in [5.41, 5.74) is 3.48. The Morgan fingerprint density at radius 1 is 1.10 bits per heavy atom. The molecule has 30 heavy (non-hydrogen) atoms. The second kappa shape index (κ2) is 9.45. The van der Waals surface area contributed by atoms with Crippen molar-refractivity contribution in [2.45, 2.75) is 38.0 Å². The van der Waals surface area contributed by atoms with Gasteiger partial charge in [-0.3, -0.25) is 4.79 Å². The molecule has 1 fully saturated rings. The van der Waals surface area contributed by atoms with Gasteiger partial charge in [0.25, 0.3) is 0 Å². The van der Waals surface area contributed by atoms with Crippen molar-refractivity contribution in [3.63, 3.8) is 0 Å². The van der Waals surface area contributed by atoms with Crippen LogP contribution in [0.1, 0.15) is 36.0 Å². The average Bonchev–Trinajstić information content (AvgIpc) is 2.76. The maximum absolute atomic E-state index is 13.1. The van der Waals surface area contributed by atoms with Crippen LogP contribution in [0.3, 0.4) is 0 Å². The van der Waals surface area contributed by atoms with E-state index in [1.165, 1.54) is 17.5 Å². The molecular weight excluding hydrogens is 400 g/mol. The van der Waals surface area contributed by atoms with Gasteiger partial charge in [-0.1, -0.05) is 24.6 Å². The summed E-state index contributed by atoms with van der Waals surface area (Å²) in [7, 11) is -2.19. The number of amides is 1. The molecule has 1 aliphatic heterocycles. The predicted octanol–water partition coefficient (Wildman–Crippen LogP) is 4.14. The molecule has 6 nitrogen and oxygen atoms in total. The summed E-state index contributed by atoms with van der Waals surface area (Å²) < 4.78 is 33.0. The number of sulfonamides is 1. The van der Waals surface area contributed by atoms with E-state index in [1.807, 2.05) is 32.0 Å². The van der Waals surface area contributed by atoms with Gasteiger partial charge in [-0.25, -0.2) is 8.42 Å². The fourth-order valence-electron chi connectivity index (χ4n) is 3.48. The number of anilines is 1. The van der Waals surface area contributed by atoms with Crippen molar-refractivity contribution in [2.24, 2.45) is 0 Å². The van der Waals surface area contributed by atoms with Gasteiger partial charge in [-0.15, -0.1) is 0 Å². The fourth-order valence-corrected chi connectivity index (χ4v) is 5.18. The number of rotatable bonds is 6. The molecule has 0 bridgehead atoms. The third kappa shape index (κ3) is 4.91. The van der Waals surface area contributed by atoms with Crippen LogP contribution in [-0.4, -0.2) is 38.8 Å². The summed E-state index contributed by atoms with van der Waals surface area (Å²) in [5, 5.41) is 2.86. The van der Waals surface area contributed by atoms with Crippen LogP contribution < -0.4 is 10.1 Å². The highest BCUT2D eigenvalue weighted by atomic mass is 32.2. The maximum atomic E-state index is 13.1. The molecule has 0 atom stereocenters. The number of benzene rings is 2. The Morgan fingerprint density at radius 3 is 2.53 bits per heavy atom. The number of carbonyl (C=O) groups excluding carboxylic acids is 1. The first kappa shape index (κ1) is 22.1. The van der Waals surface area contributed by atoms with Gasteiger partial charge in [-0.05, 0) is 67.7 Å². The van der Waals surface area contributed by atoms with Crippen LogP contribution in [0.4, 0.5) is 5.69 Å². The third-order valence-electron chi connectivity index (χ3n) is 5.41. The van der Waals surface area contributed by atoms with E-state index in [4.69, 9.17) is 4.74 Å². The monoisotopic (exact) mass is 428 g/mol. The lowest BCUT2D eigenvalue weighted by Gasteiger charge is -2.26. The van der Waals surface area contributed by atoms with Crippen LogP contribution in [-0.2, 0) is 14.8 Å². The molecule has 0 unspecified atom stereocenters. The molecule has 2 aromatic carbocycles. The molecule has 0 saturated carbocycles. The Hall–Kier alpha value is -2.64. The van der Waals surface area contributed by atoms with E-state index in [1.54, 1.807) is 24.3 Å². The highest BCUT2D eigenvalue weighted by molar-refractivity contribution is 7.89. The second-order valence-electron chi connectivity index (χ2n) is 7.45. The van der Waals surface area contributed by atoms with Gasteiger partial charge in [0.05, 0.1) is 7.11 Å². The minimum Gasteiger partial charge on any atom is -0.495 e. The Kier molecular flexibility index (Phi) is 6.95. The van der Waals surface area contributed by atoms with Gasteiger partial charge in [0.2, 0.25) is 15.9 Å². The van der Waals surface area contributed by atoms with Crippen molar-refractivity contribution in [3.05, 3.63) is 59.2 Å². The normalized spacial score (nSPS) is 15.3. The molecule has 0 radical (unpaired) electrons. The van der Waals surface area contributed by atoms with E-state index >= 15 is 0 Å². The fraction of sp³-hybridized carbons (Fsp3) is 0.348. The van der Waals surface area contributed by atoms with E-state index in [0.29, 0.717) is 24.4 Å². The minimum absolute atomic E-state index is 0.129. The molecule has 160 valence electrons. The highest BCUT2D eigenvalue weighted by Crippen LogP contribution is 2.30. The SMILES string of the molecule is COc1ccc(C=CC(=O)Nc2cccc(C)c2C)cc1S(=O)(=O)N1CCCCC1. The maximum Gasteiger partial charge on any atom is 0.248 e. The van der Waals surface area contributed by atoms with Crippen LogP contribution in [0.25, 0.3) is 6.08 Å². The first-order valence-corrected chi connectivity index (χ1v) is 11.5. The lowest BCUT2D eigenvalue weighted by atomic mass is 10.1. The van der Waals surface area contributed by atoms with E-state index in [2.05, 4.69) is 5.32 Å². The van der Waals surface area contributed by atoms with E-state index in [0.717, 1.165) is 36.1 Å². The first-order chi connectivity index (χ1) is 14.3. The highest BCUT2D eigenvalue weighted by Gasteiger charge is 2.29. The van der Waals surface area contributed by atoms with Crippen molar-refractivity contribution in [2.75, 3.05) is 25.5 Å². The van der Waals surface area contributed by atoms with E-state index in [-0.39, 0.29) is 10.8 Å². The van der Waals surface area contributed by atoms with Crippen LogP contribution >= 0.6 is 0 Å². The quantitative estimate of drug-likeness (QED) is 0.702. The summed E-state index contributed by atoms with van der Waals surface area (Å²) in [5.74, 6) is 0.0255. The number of hydrogen-bond donors (Lipinski definition) is 1. The lowest BCUT2D eigenvalue weighted by molar-refractivity contribution is -0.111. The van der Waals surface area contributed by atoms with Crippen molar-refractivity contribution in [1.29, 1.82) is 0 Å². The van der Waals surface area contributed by atoms with Gasteiger partial charge in [0.1, 0.15) is 10.6 Å². The number of aryl methyl sites for hydroxylation is 1. The Balaban J connectivity index is 1.82. The molecule has 1 amide bonds. The third-order valence-corrected chi connectivity index (χ3v) is 7.33. The summed E-state index contributed by atoms with van der Waals surface area (Å²) in [6.45, 7) is 4.98.